The van der Waals surface area contributed by atoms with Crippen molar-refractivity contribution in [3.63, 3.8) is 0 Å². The highest BCUT2D eigenvalue weighted by Crippen LogP contribution is 2.41. The van der Waals surface area contributed by atoms with Gasteiger partial charge in [0.15, 0.2) is 0 Å². The zero-order valence-electron chi connectivity index (χ0n) is 12.3. The van der Waals surface area contributed by atoms with Gasteiger partial charge in [0.1, 0.15) is 0 Å². The molecule has 0 aromatic rings. The molecule has 3 unspecified atom stereocenters. The molecular weight excluding hydrogens is 222 g/mol. The molecule has 0 aromatic heterocycles. The van der Waals surface area contributed by atoms with Crippen LogP contribution in [-0.4, -0.2) is 18.8 Å². The van der Waals surface area contributed by atoms with Crippen LogP contribution in [0.25, 0.3) is 0 Å². The third-order valence-electron chi connectivity index (χ3n) is 5.41. The Balaban J connectivity index is 2.05. The monoisotopic (exact) mass is 253 g/mol. The van der Waals surface area contributed by atoms with Crippen molar-refractivity contribution in [1.82, 2.24) is 0 Å². The van der Waals surface area contributed by atoms with Gasteiger partial charge in [0, 0.05) is 13.2 Å². The van der Waals surface area contributed by atoms with Gasteiger partial charge in [-0.15, -0.1) is 0 Å². The first-order valence-corrected chi connectivity index (χ1v) is 7.99. The molecule has 0 aromatic carbocycles. The molecule has 106 valence electrons. The zero-order valence-corrected chi connectivity index (χ0v) is 12.3. The molecule has 2 saturated carbocycles. The molecule has 3 atom stereocenters. The molecule has 2 fully saturated rings. The zero-order chi connectivity index (χ0) is 13.0. The maximum atomic E-state index is 6.68. The highest BCUT2D eigenvalue weighted by atomic mass is 16.5. The highest BCUT2D eigenvalue weighted by Gasteiger charge is 2.43. The van der Waals surface area contributed by atoms with Crippen LogP contribution < -0.4 is 5.73 Å². The Kier molecular flexibility index (Phi) is 5.08. The van der Waals surface area contributed by atoms with Crippen LogP contribution in [0.5, 0.6) is 0 Å². The Labute approximate surface area is 113 Å². The lowest BCUT2D eigenvalue weighted by Crippen LogP contribution is -2.55. The standard InChI is InChI=1S/C16H31NO/c1-13-8-7-11-16(12-13,18-2)15(17)14-9-5-3-4-6-10-14/h13-15H,3-12,17H2,1-2H3. The summed E-state index contributed by atoms with van der Waals surface area (Å²) < 4.78 is 5.98. The molecule has 2 heteroatoms. The summed E-state index contributed by atoms with van der Waals surface area (Å²) in [6.07, 6.45) is 13.2. The van der Waals surface area contributed by atoms with Gasteiger partial charge in [0.2, 0.25) is 0 Å². The maximum Gasteiger partial charge on any atom is 0.0834 e. The first kappa shape index (κ1) is 14.3. The summed E-state index contributed by atoms with van der Waals surface area (Å²) in [5.74, 6) is 1.47. The molecule has 0 spiro atoms. The maximum absolute atomic E-state index is 6.68. The topological polar surface area (TPSA) is 35.2 Å². The molecule has 0 radical (unpaired) electrons. The quantitative estimate of drug-likeness (QED) is 0.775. The van der Waals surface area contributed by atoms with Crippen molar-refractivity contribution in [3.8, 4) is 0 Å². The predicted octanol–water partition coefficient (Wildman–Crippen LogP) is 3.88. The Morgan fingerprint density at radius 1 is 1.06 bits per heavy atom. The molecule has 2 N–H and O–H groups in total. The Morgan fingerprint density at radius 3 is 2.28 bits per heavy atom. The van der Waals surface area contributed by atoms with Gasteiger partial charge >= 0.3 is 0 Å². The Bertz CT molecular complexity index is 247. The number of hydrogen-bond acceptors (Lipinski definition) is 2. The fourth-order valence-electron chi connectivity index (χ4n) is 4.27. The number of ether oxygens (including phenoxy) is 1. The van der Waals surface area contributed by atoms with Crippen LogP contribution in [0.3, 0.4) is 0 Å². The van der Waals surface area contributed by atoms with Gasteiger partial charge < -0.3 is 10.5 Å². The fraction of sp³-hybridized carbons (Fsp3) is 1.00. The average Bonchev–Trinajstić information content (AvgIpc) is 2.66. The van der Waals surface area contributed by atoms with E-state index in [1.165, 1.54) is 64.2 Å². The summed E-state index contributed by atoms with van der Waals surface area (Å²) in [6, 6.07) is 0.253. The first-order valence-electron chi connectivity index (χ1n) is 7.99. The van der Waals surface area contributed by atoms with Crippen LogP contribution in [0.4, 0.5) is 0 Å². The lowest BCUT2D eigenvalue weighted by Gasteiger charge is -2.46. The van der Waals surface area contributed by atoms with Crippen molar-refractivity contribution in [3.05, 3.63) is 0 Å². The van der Waals surface area contributed by atoms with Crippen molar-refractivity contribution >= 4 is 0 Å². The first-order chi connectivity index (χ1) is 8.68. The summed E-state index contributed by atoms with van der Waals surface area (Å²) in [7, 11) is 1.88. The van der Waals surface area contributed by atoms with E-state index < -0.39 is 0 Å². The molecule has 2 nitrogen and oxygen atoms in total. The molecule has 2 aliphatic rings. The fourth-order valence-corrected chi connectivity index (χ4v) is 4.27. The normalized spacial score (nSPS) is 37.2. The van der Waals surface area contributed by atoms with Gasteiger partial charge in [-0.3, -0.25) is 0 Å². The van der Waals surface area contributed by atoms with E-state index in [-0.39, 0.29) is 11.6 Å². The molecule has 0 bridgehead atoms. The third-order valence-corrected chi connectivity index (χ3v) is 5.41. The molecular formula is C16H31NO. The van der Waals surface area contributed by atoms with Gasteiger partial charge in [-0.05, 0) is 37.5 Å². The summed E-state index contributed by atoms with van der Waals surface area (Å²) in [5, 5.41) is 0. The van der Waals surface area contributed by atoms with Gasteiger partial charge in [-0.25, -0.2) is 0 Å². The minimum Gasteiger partial charge on any atom is -0.377 e. The molecule has 2 rings (SSSR count). The van der Waals surface area contributed by atoms with E-state index in [1.807, 2.05) is 7.11 Å². The van der Waals surface area contributed by atoms with E-state index in [1.54, 1.807) is 0 Å². The minimum atomic E-state index is -0.0212. The van der Waals surface area contributed by atoms with E-state index >= 15 is 0 Å². The minimum absolute atomic E-state index is 0.0212. The van der Waals surface area contributed by atoms with E-state index in [2.05, 4.69) is 6.92 Å². The van der Waals surface area contributed by atoms with E-state index in [0.29, 0.717) is 5.92 Å². The summed E-state index contributed by atoms with van der Waals surface area (Å²) >= 11 is 0. The van der Waals surface area contributed by atoms with E-state index in [9.17, 15) is 0 Å². The van der Waals surface area contributed by atoms with Crippen LogP contribution in [0.1, 0.15) is 71.1 Å². The van der Waals surface area contributed by atoms with Crippen LogP contribution in [-0.2, 0) is 4.74 Å². The van der Waals surface area contributed by atoms with Crippen LogP contribution in [0.2, 0.25) is 0 Å². The van der Waals surface area contributed by atoms with Gasteiger partial charge in [-0.1, -0.05) is 45.4 Å². The summed E-state index contributed by atoms with van der Waals surface area (Å²) in [4.78, 5) is 0. The molecule has 2 aliphatic carbocycles. The highest BCUT2D eigenvalue weighted by molar-refractivity contribution is 4.98. The summed E-state index contributed by atoms with van der Waals surface area (Å²) in [6.45, 7) is 2.35. The lowest BCUT2D eigenvalue weighted by atomic mass is 9.70. The van der Waals surface area contributed by atoms with Crippen molar-refractivity contribution in [2.24, 2.45) is 17.6 Å². The number of nitrogens with two attached hydrogens (primary N) is 1. The van der Waals surface area contributed by atoms with Gasteiger partial charge in [-0.2, -0.15) is 0 Å². The smallest absolute Gasteiger partial charge is 0.0834 e. The molecule has 18 heavy (non-hydrogen) atoms. The van der Waals surface area contributed by atoms with Crippen molar-refractivity contribution in [2.45, 2.75) is 82.8 Å². The molecule has 0 saturated heterocycles. The predicted molar refractivity (Wildman–Crippen MR) is 76.5 cm³/mol. The van der Waals surface area contributed by atoms with E-state index in [4.69, 9.17) is 10.5 Å². The van der Waals surface area contributed by atoms with Crippen molar-refractivity contribution in [1.29, 1.82) is 0 Å². The second-order valence-electron chi connectivity index (χ2n) is 6.75. The van der Waals surface area contributed by atoms with Crippen LogP contribution in [0.15, 0.2) is 0 Å². The van der Waals surface area contributed by atoms with Gasteiger partial charge in [0.25, 0.3) is 0 Å². The number of rotatable bonds is 3. The third kappa shape index (κ3) is 3.08. The van der Waals surface area contributed by atoms with E-state index in [0.717, 1.165) is 5.92 Å². The molecule has 0 heterocycles. The Morgan fingerprint density at radius 2 is 1.72 bits per heavy atom. The second-order valence-corrected chi connectivity index (χ2v) is 6.75. The lowest BCUT2D eigenvalue weighted by molar-refractivity contribution is -0.0842. The van der Waals surface area contributed by atoms with Crippen molar-refractivity contribution in [2.75, 3.05) is 7.11 Å². The Hall–Kier alpha value is -0.0800. The van der Waals surface area contributed by atoms with Crippen LogP contribution >= 0.6 is 0 Å². The molecule has 0 amide bonds. The average molecular weight is 253 g/mol. The van der Waals surface area contributed by atoms with Crippen molar-refractivity contribution < 1.29 is 4.74 Å². The van der Waals surface area contributed by atoms with Gasteiger partial charge in [0.05, 0.1) is 5.60 Å². The molecule has 0 aliphatic heterocycles. The summed E-state index contributed by atoms with van der Waals surface area (Å²) in [5.41, 5.74) is 6.65. The number of methoxy groups -OCH3 is 1. The second kappa shape index (κ2) is 6.38. The number of hydrogen-bond donors (Lipinski definition) is 1. The SMILES string of the molecule is COC1(C(N)C2CCCCCC2)CCCC(C)C1. The largest absolute Gasteiger partial charge is 0.377 e. The van der Waals surface area contributed by atoms with Crippen LogP contribution in [0, 0.1) is 11.8 Å².